The van der Waals surface area contributed by atoms with E-state index in [1.165, 1.54) is 16.3 Å². The molecule has 0 saturated carbocycles. The molecule has 0 fully saturated rings. The van der Waals surface area contributed by atoms with Gasteiger partial charge in [-0.2, -0.15) is 0 Å². The van der Waals surface area contributed by atoms with Crippen LogP contribution in [-0.2, 0) is 19.5 Å². The first-order chi connectivity index (χ1) is 17.7. The van der Waals surface area contributed by atoms with Gasteiger partial charge in [-0.25, -0.2) is 4.98 Å². The highest BCUT2D eigenvalue weighted by molar-refractivity contribution is 5.85. The van der Waals surface area contributed by atoms with Crippen LogP contribution in [0.2, 0.25) is 0 Å². The highest BCUT2D eigenvalue weighted by Crippen LogP contribution is 2.28. The normalized spacial score (nSPS) is 13.7. The lowest BCUT2D eigenvalue weighted by atomic mass is 9.97. The monoisotopic (exact) mass is 471 g/mol. The molecule has 0 aliphatic carbocycles. The molecule has 0 unspecified atom stereocenters. The van der Waals surface area contributed by atoms with E-state index in [1.54, 1.807) is 0 Å². The van der Waals surface area contributed by atoms with Crippen LogP contribution >= 0.6 is 0 Å². The summed E-state index contributed by atoms with van der Waals surface area (Å²) in [5, 5.41) is 2.53. The minimum Gasteiger partial charge on any atom is -0.294 e. The second-order valence-electron chi connectivity index (χ2n) is 9.58. The summed E-state index contributed by atoms with van der Waals surface area (Å²) in [7, 11) is 0. The van der Waals surface area contributed by atoms with Crippen molar-refractivity contribution in [3.63, 3.8) is 0 Å². The Morgan fingerprint density at radius 3 is 2.17 bits per heavy atom. The van der Waals surface area contributed by atoms with E-state index in [2.05, 4.69) is 71.6 Å². The number of benzene rings is 4. The van der Waals surface area contributed by atoms with Crippen LogP contribution in [0.1, 0.15) is 39.8 Å². The molecule has 4 aromatic carbocycles. The molecule has 4 nitrogen and oxygen atoms in total. The number of nitrogens with zero attached hydrogens (tertiary/aromatic N) is 3. The van der Waals surface area contributed by atoms with E-state index in [1.807, 2.05) is 47.9 Å². The van der Waals surface area contributed by atoms with Crippen LogP contribution in [-0.4, -0.2) is 21.0 Å². The molecule has 0 radical (unpaired) electrons. The van der Waals surface area contributed by atoms with Crippen molar-refractivity contribution >= 4 is 10.8 Å². The number of hydrogen-bond acceptors (Lipinski definition) is 3. The second-order valence-corrected chi connectivity index (χ2v) is 9.58. The lowest BCUT2D eigenvalue weighted by molar-refractivity contribution is 0.241. The maximum absolute atomic E-state index is 14.1. The van der Waals surface area contributed by atoms with Crippen molar-refractivity contribution < 1.29 is 0 Å². The van der Waals surface area contributed by atoms with E-state index in [0.717, 1.165) is 47.7 Å². The molecule has 1 aliphatic rings. The van der Waals surface area contributed by atoms with Crippen molar-refractivity contribution in [3.8, 4) is 0 Å². The van der Waals surface area contributed by atoms with Crippen molar-refractivity contribution in [2.24, 2.45) is 0 Å². The predicted octanol–water partition coefficient (Wildman–Crippen LogP) is 5.90. The predicted molar refractivity (Wildman–Crippen MR) is 145 cm³/mol. The third-order valence-electron chi connectivity index (χ3n) is 7.28. The van der Waals surface area contributed by atoms with Crippen molar-refractivity contribution in [1.29, 1.82) is 0 Å². The van der Waals surface area contributed by atoms with Crippen molar-refractivity contribution in [2.75, 3.05) is 6.54 Å². The summed E-state index contributed by atoms with van der Waals surface area (Å²) in [6, 6.07) is 35.3. The van der Waals surface area contributed by atoms with Crippen LogP contribution in [0.3, 0.4) is 0 Å². The number of rotatable bonds is 5. The van der Waals surface area contributed by atoms with E-state index in [9.17, 15) is 4.79 Å². The Balaban J connectivity index is 1.40. The first kappa shape index (κ1) is 22.4. The zero-order chi connectivity index (χ0) is 24.5. The van der Waals surface area contributed by atoms with Crippen molar-refractivity contribution in [3.05, 3.63) is 147 Å². The van der Waals surface area contributed by atoms with Crippen LogP contribution in [0.25, 0.3) is 10.8 Å². The number of hydrogen-bond donors (Lipinski definition) is 0. The molecule has 0 atom stereocenters. The third-order valence-corrected chi connectivity index (χ3v) is 7.28. The minimum absolute atomic E-state index is 0.0674. The van der Waals surface area contributed by atoms with Gasteiger partial charge in [0, 0.05) is 26.1 Å². The Kier molecular flexibility index (Phi) is 5.96. The first-order valence-electron chi connectivity index (χ1n) is 12.6. The first-order valence-corrected chi connectivity index (χ1v) is 12.6. The maximum atomic E-state index is 14.1. The van der Waals surface area contributed by atoms with Gasteiger partial charge in [-0.1, -0.05) is 103 Å². The van der Waals surface area contributed by atoms with Gasteiger partial charge in [0.25, 0.3) is 5.56 Å². The van der Waals surface area contributed by atoms with Gasteiger partial charge in [0.05, 0.1) is 17.3 Å². The van der Waals surface area contributed by atoms with E-state index in [0.29, 0.717) is 6.54 Å². The van der Waals surface area contributed by atoms with E-state index >= 15 is 0 Å². The average Bonchev–Trinajstić information content (AvgIpc) is 2.92. The molecule has 1 aliphatic heterocycles. The highest BCUT2D eigenvalue weighted by atomic mass is 16.1. The van der Waals surface area contributed by atoms with Crippen LogP contribution < -0.4 is 5.56 Å². The van der Waals surface area contributed by atoms with Gasteiger partial charge in [-0.15, -0.1) is 0 Å². The Hall–Kier alpha value is -4.02. The fourth-order valence-corrected chi connectivity index (χ4v) is 5.54. The molecule has 4 heteroatoms. The molecule has 36 heavy (non-hydrogen) atoms. The Morgan fingerprint density at radius 1 is 0.806 bits per heavy atom. The van der Waals surface area contributed by atoms with Gasteiger partial charge in [-0.05, 0) is 34.4 Å². The number of aromatic nitrogens is 2. The van der Waals surface area contributed by atoms with Crippen LogP contribution in [0.5, 0.6) is 0 Å². The Labute approximate surface area is 211 Å². The molecule has 0 amide bonds. The summed E-state index contributed by atoms with van der Waals surface area (Å²) < 4.78 is 1.89. The fourth-order valence-electron chi connectivity index (χ4n) is 5.54. The molecular formula is C32H29N3O. The smallest absolute Gasteiger partial charge is 0.259 e. The summed E-state index contributed by atoms with van der Waals surface area (Å²) in [6.07, 6.45) is 0.790. The lowest BCUT2D eigenvalue weighted by Gasteiger charge is -2.30. The summed E-state index contributed by atoms with van der Waals surface area (Å²) >= 11 is 0. The van der Waals surface area contributed by atoms with Crippen molar-refractivity contribution in [1.82, 2.24) is 14.5 Å². The average molecular weight is 472 g/mol. The quantitative estimate of drug-likeness (QED) is 0.320. The van der Waals surface area contributed by atoms with Gasteiger partial charge in [-0.3, -0.25) is 14.3 Å². The fraction of sp³-hybridized carbons (Fsp3) is 0.188. The summed E-state index contributed by atoms with van der Waals surface area (Å²) in [6.45, 7) is 4.28. The van der Waals surface area contributed by atoms with Crippen LogP contribution in [0, 0.1) is 6.92 Å². The van der Waals surface area contributed by atoms with Gasteiger partial charge in [0.15, 0.2) is 0 Å². The van der Waals surface area contributed by atoms with Crippen LogP contribution in [0.15, 0.2) is 108 Å². The van der Waals surface area contributed by atoms with E-state index in [4.69, 9.17) is 4.98 Å². The highest BCUT2D eigenvalue weighted by Gasteiger charge is 2.27. The number of aryl methyl sites for hydroxylation is 1. The molecule has 178 valence electrons. The Morgan fingerprint density at radius 2 is 1.44 bits per heavy atom. The summed E-state index contributed by atoms with van der Waals surface area (Å²) in [5.74, 6) is 0.763. The van der Waals surface area contributed by atoms with E-state index < -0.39 is 0 Å². The van der Waals surface area contributed by atoms with Gasteiger partial charge >= 0.3 is 0 Å². The molecule has 2 heterocycles. The molecule has 0 N–H and O–H groups in total. The molecule has 1 aromatic heterocycles. The second kappa shape index (κ2) is 9.56. The standard InChI is InChI=1S/C32H29N3O/c1-23-33-30-19-20-34(21-27-17-10-16-24-11-8-9-18-28(24)27)22-29(30)32(36)35(23)31(25-12-4-2-5-13-25)26-14-6-3-7-15-26/h2-18,31H,19-22H2,1H3. The Bertz CT molecular complexity index is 1530. The van der Waals surface area contributed by atoms with Gasteiger partial charge in [0.2, 0.25) is 0 Å². The largest absolute Gasteiger partial charge is 0.294 e. The molecule has 5 aromatic rings. The molecule has 0 spiro atoms. The molecular weight excluding hydrogens is 442 g/mol. The van der Waals surface area contributed by atoms with E-state index in [-0.39, 0.29) is 11.6 Å². The van der Waals surface area contributed by atoms with Crippen LogP contribution in [0.4, 0.5) is 0 Å². The molecule has 0 bridgehead atoms. The zero-order valence-corrected chi connectivity index (χ0v) is 20.5. The van der Waals surface area contributed by atoms with Crippen molar-refractivity contribution in [2.45, 2.75) is 32.5 Å². The summed E-state index contributed by atoms with van der Waals surface area (Å²) in [5.41, 5.74) is 5.30. The SMILES string of the molecule is Cc1nc2c(c(=O)n1C(c1ccccc1)c1ccccc1)CN(Cc1cccc3ccccc13)CC2. The number of fused-ring (bicyclic) bond motifs is 2. The van der Waals surface area contributed by atoms with Gasteiger partial charge < -0.3 is 0 Å². The zero-order valence-electron chi connectivity index (χ0n) is 20.5. The topological polar surface area (TPSA) is 38.1 Å². The maximum Gasteiger partial charge on any atom is 0.259 e. The molecule has 0 saturated heterocycles. The van der Waals surface area contributed by atoms with Gasteiger partial charge in [0.1, 0.15) is 5.82 Å². The summed E-state index contributed by atoms with van der Waals surface area (Å²) in [4.78, 5) is 21.5. The minimum atomic E-state index is -0.217. The molecule has 6 rings (SSSR count). The third kappa shape index (κ3) is 4.14. The lowest BCUT2D eigenvalue weighted by Crippen LogP contribution is -2.40.